The van der Waals surface area contributed by atoms with Crippen LogP contribution in [0, 0.1) is 11.3 Å². The summed E-state index contributed by atoms with van der Waals surface area (Å²) in [6, 6.07) is 9.01. The molecule has 0 heterocycles. The van der Waals surface area contributed by atoms with E-state index >= 15 is 0 Å². The van der Waals surface area contributed by atoms with Crippen molar-refractivity contribution in [2.24, 2.45) is 0 Å². The van der Waals surface area contributed by atoms with Crippen molar-refractivity contribution in [1.29, 1.82) is 5.26 Å². The number of rotatable bonds is 3. The summed E-state index contributed by atoms with van der Waals surface area (Å²) in [6.45, 7) is 3.31. The average molecular weight is 221 g/mol. The highest BCUT2D eigenvalue weighted by atomic mass is 35.5. The van der Waals surface area contributed by atoms with Gasteiger partial charge in [0.2, 0.25) is 0 Å². The Morgan fingerprint density at radius 2 is 2.07 bits per heavy atom. The van der Waals surface area contributed by atoms with Crippen LogP contribution in [-0.4, -0.2) is 5.91 Å². The topological polar surface area (TPSA) is 52.9 Å². The van der Waals surface area contributed by atoms with Gasteiger partial charge < -0.3 is 5.32 Å². The van der Waals surface area contributed by atoms with Crippen molar-refractivity contribution in [3.05, 3.63) is 41.4 Å². The number of carbonyl (C=O) groups is 1. The number of anilines is 1. The molecule has 76 valence electrons. The number of hydrogen-bond acceptors (Lipinski definition) is 2. The molecule has 0 bridgehead atoms. The van der Waals surface area contributed by atoms with Gasteiger partial charge in [-0.3, -0.25) is 4.79 Å². The van der Waals surface area contributed by atoms with Crippen LogP contribution in [0.2, 0.25) is 0 Å². The maximum atomic E-state index is 11.1. The molecule has 1 N–H and O–H groups in total. The Kier molecular flexibility index (Phi) is 3.90. The van der Waals surface area contributed by atoms with E-state index in [0.29, 0.717) is 12.1 Å². The van der Waals surface area contributed by atoms with Gasteiger partial charge in [0.05, 0.1) is 17.5 Å². The Bertz CT molecular complexity index is 417. The quantitative estimate of drug-likeness (QED) is 0.796. The first-order valence-electron chi connectivity index (χ1n) is 4.25. The molecule has 1 aromatic carbocycles. The normalized spacial score (nSPS) is 9.07. The smallest absolute Gasteiger partial charge is 0.266 e. The van der Waals surface area contributed by atoms with E-state index in [1.807, 2.05) is 6.07 Å². The molecular formula is C11H9ClN2O. The van der Waals surface area contributed by atoms with Gasteiger partial charge in [-0.2, -0.15) is 5.26 Å². The zero-order chi connectivity index (χ0) is 11.3. The van der Waals surface area contributed by atoms with E-state index in [1.54, 1.807) is 24.3 Å². The van der Waals surface area contributed by atoms with Gasteiger partial charge in [-0.15, -0.1) is 0 Å². The predicted molar refractivity (Wildman–Crippen MR) is 59.4 cm³/mol. The maximum absolute atomic E-state index is 11.1. The summed E-state index contributed by atoms with van der Waals surface area (Å²) >= 11 is 5.41. The number of nitrogens with zero attached hydrogens (tertiary/aromatic N) is 1. The molecule has 0 aliphatic heterocycles. The standard InChI is InChI=1S/C11H9ClN2O/c1-8(12)11(15)14-10-4-2-9(3-5-10)6-7-13/h2-5H,1,6H2,(H,14,15). The van der Waals surface area contributed by atoms with Crippen molar-refractivity contribution in [3.63, 3.8) is 0 Å². The van der Waals surface area contributed by atoms with Crippen LogP contribution in [-0.2, 0) is 11.2 Å². The lowest BCUT2D eigenvalue weighted by atomic mass is 10.1. The largest absolute Gasteiger partial charge is 0.321 e. The summed E-state index contributed by atoms with van der Waals surface area (Å²) in [4.78, 5) is 11.1. The number of nitriles is 1. The monoisotopic (exact) mass is 220 g/mol. The Labute approximate surface area is 93.0 Å². The van der Waals surface area contributed by atoms with Crippen LogP contribution in [0.4, 0.5) is 5.69 Å². The van der Waals surface area contributed by atoms with E-state index in [9.17, 15) is 4.79 Å². The van der Waals surface area contributed by atoms with Crippen molar-refractivity contribution in [1.82, 2.24) is 0 Å². The van der Waals surface area contributed by atoms with E-state index < -0.39 is 5.91 Å². The van der Waals surface area contributed by atoms with E-state index in [0.717, 1.165) is 5.56 Å². The fourth-order valence-corrected chi connectivity index (χ4v) is 1.04. The minimum absolute atomic E-state index is 0.0592. The summed E-state index contributed by atoms with van der Waals surface area (Å²) in [6.07, 6.45) is 0.358. The second-order valence-corrected chi connectivity index (χ2v) is 3.35. The molecule has 0 spiro atoms. The van der Waals surface area contributed by atoms with Crippen molar-refractivity contribution >= 4 is 23.2 Å². The van der Waals surface area contributed by atoms with Crippen molar-refractivity contribution in [2.45, 2.75) is 6.42 Å². The van der Waals surface area contributed by atoms with E-state index in [1.165, 1.54) is 0 Å². The van der Waals surface area contributed by atoms with E-state index in [2.05, 4.69) is 11.9 Å². The summed E-state index contributed by atoms with van der Waals surface area (Å²) < 4.78 is 0. The molecule has 1 amide bonds. The number of benzene rings is 1. The number of nitrogens with one attached hydrogen (secondary N) is 1. The SMILES string of the molecule is C=C(Cl)C(=O)Nc1ccc(CC#N)cc1. The third-order valence-corrected chi connectivity index (χ3v) is 1.91. The molecule has 0 saturated carbocycles. The summed E-state index contributed by atoms with van der Waals surface area (Å²) in [7, 11) is 0. The van der Waals surface area contributed by atoms with Crippen LogP contribution in [0.25, 0.3) is 0 Å². The maximum Gasteiger partial charge on any atom is 0.266 e. The lowest BCUT2D eigenvalue weighted by Crippen LogP contribution is -2.10. The second kappa shape index (κ2) is 5.18. The number of hydrogen-bond donors (Lipinski definition) is 1. The summed E-state index contributed by atoms with van der Waals surface area (Å²) in [5, 5.41) is 11.0. The fraction of sp³-hybridized carbons (Fsp3) is 0.0909. The fourth-order valence-electron chi connectivity index (χ4n) is 0.996. The zero-order valence-electron chi connectivity index (χ0n) is 7.96. The van der Waals surface area contributed by atoms with Crippen molar-refractivity contribution in [3.8, 4) is 6.07 Å². The highest BCUT2D eigenvalue weighted by Gasteiger charge is 2.03. The molecule has 4 heteroatoms. The van der Waals surface area contributed by atoms with Crippen molar-refractivity contribution < 1.29 is 4.79 Å². The first-order chi connectivity index (χ1) is 7.13. The van der Waals surface area contributed by atoms with E-state index in [-0.39, 0.29) is 5.03 Å². The minimum atomic E-state index is -0.426. The molecular weight excluding hydrogens is 212 g/mol. The molecule has 0 atom stereocenters. The zero-order valence-corrected chi connectivity index (χ0v) is 8.71. The van der Waals surface area contributed by atoms with Gasteiger partial charge in [-0.05, 0) is 17.7 Å². The highest BCUT2D eigenvalue weighted by Crippen LogP contribution is 2.11. The van der Waals surface area contributed by atoms with Gasteiger partial charge in [0, 0.05) is 5.69 Å². The molecule has 0 radical (unpaired) electrons. The van der Waals surface area contributed by atoms with Gasteiger partial charge in [0.1, 0.15) is 0 Å². The first-order valence-corrected chi connectivity index (χ1v) is 4.63. The van der Waals surface area contributed by atoms with Crippen LogP contribution in [0.15, 0.2) is 35.9 Å². The predicted octanol–water partition coefficient (Wildman–Crippen LogP) is 2.44. The molecule has 15 heavy (non-hydrogen) atoms. The average Bonchev–Trinajstić information content (AvgIpc) is 2.21. The second-order valence-electron chi connectivity index (χ2n) is 2.89. The van der Waals surface area contributed by atoms with E-state index in [4.69, 9.17) is 16.9 Å². The van der Waals surface area contributed by atoms with Gasteiger partial charge in [0.25, 0.3) is 5.91 Å². The molecule has 1 rings (SSSR count). The Hall–Kier alpha value is -1.79. The Balaban J connectivity index is 2.69. The lowest BCUT2D eigenvalue weighted by Gasteiger charge is -2.03. The molecule has 0 fully saturated rings. The third kappa shape index (κ3) is 3.45. The number of amides is 1. The van der Waals surface area contributed by atoms with Gasteiger partial charge in [-0.25, -0.2) is 0 Å². The Morgan fingerprint density at radius 1 is 1.47 bits per heavy atom. The van der Waals surface area contributed by atoms with Gasteiger partial charge in [0.15, 0.2) is 0 Å². The molecule has 0 aliphatic carbocycles. The van der Waals surface area contributed by atoms with Crippen LogP contribution < -0.4 is 5.32 Å². The number of halogens is 1. The third-order valence-electron chi connectivity index (χ3n) is 1.74. The van der Waals surface area contributed by atoms with Crippen LogP contribution in [0.3, 0.4) is 0 Å². The molecule has 0 saturated heterocycles. The summed E-state index contributed by atoms with van der Waals surface area (Å²) in [5.41, 5.74) is 1.53. The summed E-state index contributed by atoms with van der Waals surface area (Å²) in [5.74, 6) is -0.426. The van der Waals surface area contributed by atoms with Crippen molar-refractivity contribution in [2.75, 3.05) is 5.32 Å². The van der Waals surface area contributed by atoms with Crippen LogP contribution >= 0.6 is 11.6 Å². The lowest BCUT2D eigenvalue weighted by molar-refractivity contribution is -0.112. The van der Waals surface area contributed by atoms with Gasteiger partial charge >= 0.3 is 0 Å². The molecule has 3 nitrogen and oxygen atoms in total. The molecule has 0 unspecified atom stereocenters. The Morgan fingerprint density at radius 3 is 2.53 bits per heavy atom. The molecule has 0 aliphatic rings. The van der Waals surface area contributed by atoms with Crippen LogP contribution in [0.5, 0.6) is 0 Å². The van der Waals surface area contributed by atoms with Gasteiger partial charge in [-0.1, -0.05) is 30.3 Å². The molecule has 0 aromatic heterocycles. The highest BCUT2D eigenvalue weighted by molar-refractivity contribution is 6.43. The molecule has 1 aromatic rings. The minimum Gasteiger partial charge on any atom is -0.321 e. The first kappa shape index (κ1) is 11.3. The number of carbonyl (C=O) groups excluding carboxylic acids is 1. The van der Waals surface area contributed by atoms with Crippen LogP contribution in [0.1, 0.15) is 5.56 Å².